The number of aromatic nitrogens is 3. The average molecular weight is 458 g/mol. The maximum atomic E-state index is 12.4. The number of carbonyl (C=O) groups excluding carboxylic acids is 2. The summed E-state index contributed by atoms with van der Waals surface area (Å²) in [5.74, 6) is -0.489. The molecule has 3 N–H and O–H groups in total. The lowest BCUT2D eigenvalue weighted by Gasteiger charge is -2.22. The van der Waals surface area contributed by atoms with Gasteiger partial charge in [0.1, 0.15) is 0 Å². The molecule has 5 rings (SSSR count). The van der Waals surface area contributed by atoms with E-state index in [0.29, 0.717) is 5.56 Å². The Morgan fingerprint density at radius 1 is 0.971 bits per heavy atom. The number of H-pyrrole nitrogens is 1. The van der Waals surface area contributed by atoms with Gasteiger partial charge in [-0.05, 0) is 81.8 Å². The quantitative estimate of drug-likeness (QED) is 0.385. The van der Waals surface area contributed by atoms with Crippen molar-refractivity contribution in [3.8, 4) is 11.3 Å². The van der Waals surface area contributed by atoms with Crippen molar-refractivity contribution in [2.75, 3.05) is 0 Å². The van der Waals surface area contributed by atoms with Gasteiger partial charge in [-0.15, -0.1) is 0 Å². The van der Waals surface area contributed by atoms with Crippen LogP contribution in [0.15, 0.2) is 36.4 Å². The Morgan fingerprint density at radius 3 is 2.41 bits per heavy atom. The summed E-state index contributed by atoms with van der Waals surface area (Å²) in [5.41, 5.74) is 10.1. The minimum absolute atomic E-state index is 0.0856. The molecule has 8 nitrogen and oxygen atoms in total. The highest BCUT2D eigenvalue weighted by atomic mass is 16.7. The van der Waals surface area contributed by atoms with Crippen molar-refractivity contribution >= 4 is 33.8 Å². The zero-order chi connectivity index (χ0) is 23.8. The highest BCUT2D eigenvalue weighted by Crippen LogP contribution is 2.38. The summed E-state index contributed by atoms with van der Waals surface area (Å²) in [7, 11) is 0. The van der Waals surface area contributed by atoms with Gasteiger partial charge in [0.05, 0.1) is 16.7 Å². The lowest BCUT2D eigenvalue weighted by atomic mass is 9.85. The number of rotatable bonds is 3. The molecule has 0 saturated carbocycles. The molecule has 1 aliphatic carbocycles. The molecule has 0 radical (unpaired) electrons. The van der Waals surface area contributed by atoms with Crippen LogP contribution in [0.4, 0.5) is 4.79 Å². The molecule has 4 aromatic rings. The number of aromatic amines is 1. The van der Waals surface area contributed by atoms with E-state index in [-0.39, 0.29) is 6.04 Å². The zero-order valence-electron chi connectivity index (χ0n) is 19.5. The van der Waals surface area contributed by atoms with Crippen LogP contribution in [0.5, 0.6) is 0 Å². The number of pyridine rings is 1. The number of hydroxylamine groups is 1. The zero-order valence-corrected chi connectivity index (χ0v) is 19.5. The first-order valence-electron chi connectivity index (χ1n) is 11.6. The SMILES string of the molecule is Cc1[nH]nc2ccc3nc(-c4ccc(C(=O)NOC(=O)NC(C)C)cc4)c4c(c3c12)CCCC4. The molecular formula is C26H27N5O3. The number of hydrogen-bond acceptors (Lipinski definition) is 5. The first kappa shape index (κ1) is 21.9. The monoisotopic (exact) mass is 457 g/mol. The fourth-order valence-corrected chi connectivity index (χ4v) is 4.72. The van der Waals surface area contributed by atoms with Crippen molar-refractivity contribution in [3.63, 3.8) is 0 Å². The Labute approximate surface area is 197 Å². The summed E-state index contributed by atoms with van der Waals surface area (Å²) in [6.07, 6.45) is 3.57. The van der Waals surface area contributed by atoms with Crippen molar-refractivity contribution in [2.24, 2.45) is 0 Å². The molecule has 0 spiro atoms. The molecule has 2 aromatic carbocycles. The topological polar surface area (TPSA) is 109 Å². The third-order valence-electron chi connectivity index (χ3n) is 6.23. The van der Waals surface area contributed by atoms with Crippen LogP contribution in [0.2, 0.25) is 0 Å². The third kappa shape index (κ3) is 3.96. The predicted octanol–water partition coefficient (Wildman–Crippen LogP) is 4.74. The summed E-state index contributed by atoms with van der Waals surface area (Å²) in [6, 6.07) is 11.2. The molecule has 0 fully saturated rings. The van der Waals surface area contributed by atoms with Gasteiger partial charge in [-0.2, -0.15) is 10.6 Å². The van der Waals surface area contributed by atoms with Crippen LogP contribution in [-0.2, 0) is 17.7 Å². The van der Waals surface area contributed by atoms with Crippen LogP contribution < -0.4 is 10.8 Å². The average Bonchev–Trinajstić information content (AvgIpc) is 3.22. The van der Waals surface area contributed by atoms with Crippen molar-refractivity contribution < 1.29 is 14.4 Å². The van der Waals surface area contributed by atoms with Gasteiger partial charge in [-0.1, -0.05) is 12.1 Å². The van der Waals surface area contributed by atoms with E-state index < -0.39 is 12.0 Å². The van der Waals surface area contributed by atoms with Gasteiger partial charge in [-0.3, -0.25) is 9.89 Å². The van der Waals surface area contributed by atoms with E-state index in [1.807, 2.05) is 24.3 Å². The van der Waals surface area contributed by atoms with E-state index in [1.54, 1.807) is 26.0 Å². The molecule has 2 amide bonds. The molecule has 1 aliphatic rings. The molecule has 2 heterocycles. The van der Waals surface area contributed by atoms with Gasteiger partial charge in [0.15, 0.2) is 0 Å². The summed E-state index contributed by atoms with van der Waals surface area (Å²) in [6.45, 7) is 5.67. The molecular weight excluding hydrogens is 430 g/mol. The van der Waals surface area contributed by atoms with Crippen LogP contribution in [-0.4, -0.2) is 33.2 Å². The summed E-state index contributed by atoms with van der Waals surface area (Å²) < 4.78 is 0. The minimum Gasteiger partial charge on any atom is -0.321 e. The fourth-order valence-electron chi connectivity index (χ4n) is 4.72. The van der Waals surface area contributed by atoms with E-state index in [2.05, 4.69) is 27.9 Å². The smallest absolute Gasteiger partial charge is 0.321 e. The first-order chi connectivity index (χ1) is 16.4. The van der Waals surface area contributed by atoms with Crippen molar-refractivity contribution in [3.05, 3.63) is 58.8 Å². The van der Waals surface area contributed by atoms with Gasteiger partial charge in [0.2, 0.25) is 0 Å². The lowest BCUT2D eigenvalue weighted by molar-refractivity contribution is 0.0565. The number of amides is 2. The van der Waals surface area contributed by atoms with Gasteiger partial charge >= 0.3 is 6.09 Å². The van der Waals surface area contributed by atoms with Crippen LogP contribution in [0.25, 0.3) is 33.1 Å². The highest BCUT2D eigenvalue weighted by Gasteiger charge is 2.22. The Balaban J connectivity index is 1.49. The van der Waals surface area contributed by atoms with Gasteiger partial charge in [0, 0.05) is 33.6 Å². The second kappa shape index (κ2) is 8.78. The fraction of sp³-hybridized carbons (Fsp3) is 0.308. The van der Waals surface area contributed by atoms with E-state index >= 15 is 0 Å². The van der Waals surface area contributed by atoms with Crippen LogP contribution >= 0.6 is 0 Å². The van der Waals surface area contributed by atoms with E-state index in [4.69, 9.17) is 9.82 Å². The number of fused-ring (bicyclic) bond motifs is 5. The lowest BCUT2D eigenvalue weighted by Crippen LogP contribution is -2.36. The van der Waals surface area contributed by atoms with Crippen LogP contribution in [0.1, 0.15) is 53.9 Å². The van der Waals surface area contributed by atoms with Crippen molar-refractivity contribution in [1.82, 2.24) is 26.0 Å². The van der Waals surface area contributed by atoms with Crippen LogP contribution in [0, 0.1) is 6.92 Å². The van der Waals surface area contributed by atoms with E-state index in [0.717, 1.165) is 59.1 Å². The summed E-state index contributed by atoms with van der Waals surface area (Å²) in [4.78, 5) is 33.8. The maximum Gasteiger partial charge on any atom is 0.431 e. The molecule has 174 valence electrons. The second-order valence-electron chi connectivity index (χ2n) is 9.02. The number of hydrogen-bond donors (Lipinski definition) is 3. The summed E-state index contributed by atoms with van der Waals surface area (Å²) >= 11 is 0. The molecule has 2 aromatic heterocycles. The Morgan fingerprint density at radius 2 is 1.68 bits per heavy atom. The molecule has 0 saturated heterocycles. The number of nitrogens with one attached hydrogen (secondary N) is 3. The van der Waals surface area contributed by atoms with Crippen LogP contribution in [0.3, 0.4) is 0 Å². The number of carbonyl (C=O) groups is 2. The van der Waals surface area contributed by atoms with E-state index in [1.165, 1.54) is 16.5 Å². The number of nitrogens with zero attached hydrogens (tertiary/aromatic N) is 2. The van der Waals surface area contributed by atoms with Gasteiger partial charge in [0.25, 0.3) is 5.91 Å². The number of aryl methyl sites for hydroxylation is 2. The Bertz CT molecular complexity index is 1410. The van der Waals surface area contributed by atoms with Crippen molar-refractivity contribution in [1.29, 1.82) is 0 Å². The highest BCUT2D eigenvalue weighted by molar-refractivity contribution is 6.09. The maximum absolute atomic E-state index is 12.4. The standard InChI is InChI=1S/C26H27N5O3/c1-14(2)27-26(33)34-31-25(32)17-10-8-16(9-11-17)24-19-7-5-4-6-18(19)23-20(28-24)12-13-21-22(23)15(3)29-30-21/h8-14H,4-7H2,1-3H3,(H,27,33)(H,29,30)(H,31,32). The summed E-state index contributed by atoms with van der Waals surface area (Å²) in [5, 5.41) is 12.5. The van der Waals surface area contributed by atoms with E-state index in [9.17, 15) is 9.59 Å². The normalized spacial score (nSPS) is 13.2. The third-order valence-corrected chi connectivity index (χ3v) is 6.23. The van der Waals surface area contributed by atoms with Gasteiger partial charge in [-0.25, -0.2) is 9.78 Å². The first-order valence-corrected chi connectivity index (χ1v) is 11.6. The van der Waals surface area contributed by atoms with Crippen molar-refractivity contribution in [2.45, 2.75) is 52.5 Å². The molecule has 0 unspecified atom stereocenters. The Hall–Kier alpha value is -3.94. The molecule has 0 bridgehead atoms. The molecule has 0 atom stereocenters. The Kier molecular flexibility index (Phi) is 5.65. The minimum atomic E-state index is -0.700. The predicted molar refractivity (Wildman–Crippen MR) is 130 cm³/mol. The number of benzene rings is 2. The van der Waals surface area contributed by atoms with Gasteiger partial charge < -0.3 is 10.2 Å². The largest absolute Gasteiger partial charge is 0.431 e. The molecule has 0 aliphatic heterocycles. The molecule has 8 heteroatoms. The molecule has 34 heavy (non-hydrogen) atoms. The second-order valence-corrected chi connectivity index (χ2v) is 9.02.